The molecule has 0 bridgehead atoms. The number of hydrogen-bond donors (Lipinski definition) is 2. The molecule has 7 heteroatoms. The summed E-state index contributed by atoms with van der Waals surface area (Å²) in [5.41, 5.74) is 0.300. The van der Waals surface area contributed by atoms with Crippen LogP contribution in [0.1, 0.15) is 13.8 Å². The van der Waals surface area contributed by atoms with Gasteiger partial charge in [-0.1, -0.05) is 43.1 Å². The first-order valence-corrected chi connectivity index (χ1v) is 7.90. The fourth-order valence-electron chi connectivity index (χ4n) is 1.28. The molecule has 102 valence electrons. The van der Waals surface area contributed by atoms with E-state index in [1.807, 2.05) is 13.8 Å². The largest absolute Gasteiger partial charge is 0.313 e. The number of halogens is 2. The van der Waals surface area contributed by atoms with Crippen LogP contribution in [-0.4, -0.2) is 26.8 Å². The number of sulfonamides is 1. The second-order valence-corrected chi connectivity index (χ2v) is 6.76. The molecule has 0 saturated carbocycles. The Morgan fingerprint density at radius 1 is 1.28 bits per heavy atom. The van der Waals surface area contributed by atoms with E-state index in [-0.39, 0.29) is 16.8 Å². The lowest BCUT2D eigenvalue weighted by molar-refractivity contribution is 0.582. The molecule has 1 rings (SSSR count). The van der Waals surface area contributed by atoms with E-state index in [0.717, 1.165) is 0 Å². The molecule has 18 heavy (non-hydrogen) atoms. The maximum atomic E-state index is 11.8. The monoisotopic (exact) mass is 310 g/mol. The van der Waals surface area contributed by atoms with E-state index in [1.165, 1.54) is 0 Å². The standard InChI is InChI=1S/C11H16Cl2N2O2S/c1-8(2)14-6-7-18(16,17)15-10-5-3-4-9(12)11(10)13/h3-5,8,14-15H,6-7H2,1-2H3. The molecule has 0 aliphatic carbocycles. The molecule has 1 aromatic carbocycles. The van der Waals surface area contributed by atoms with E-state index >= 15 is 0 Å². The fraction of sp³-hybridized carbons (Fsp3) is 0.455. The van der Waals surface area contributed by atoms with Crippen molar-refractivity contribution >= 4 is 38.9 Å². The summed E-state index contributed by atoms with van der Waals surface area (Å²) >= 11 is 11.7. The van der Waals surface area contributed by atoms with E-state index in [4.69, 9.17) is 23.2 Å². The third-order valence-electron chi connectivity index (χ3n) is 2.14. The molecule has 0 fully saturated rings. The van der Waals surface area contributed by atoms with E-state index in [2.05, 4.69) is 10.0 Å². The highest BCUT2D eigenvalue weighted by molar-refractivity contribution is 7.92. The van der Waals surface area contributed by atoms with Crippen LogP contribution in [0, 0.1) is 0 Å². The Morgan fingerprint density at radius 3 is 2.56 bits per heavy atom. The first-order chi connectivity index (χ1) is 8.32. The van der Waals surface area contributed by atoms with E-state index in [1.54, 1.807) is 18.2 Å². The van der Waals surface area contributed by atoms with Gasteiger partial charge in [-0.25, -0.2) is 8.42 Å². The van der Waals surface area contributed by atoms with Crippen LogP contribution in [0.5, 0.6) is 0 Å². The van der Waals surface area contributed by atoms with Gasteiger partial charge in [0.2, 0.25) is 10.0 Å². The third-order valence-corrected chi connectivity index (χ3v) is 4.23. The summed E-state index contributed by atoms with van der Waals surface area (Å²) in [5, 5.41) is 3.56. The summed E-state index contributed by atoms with van der Waals surface area (Å²) in [7, 11) is -3.43. The maximum absolute atomic E-state index is 11.8. The molecule has 0 spiro atoms. The zero-order valence-electron chi connectivity index (χ0n) is 10.2. The quantitative estimate of drug-likeness (QED) is 0.849. The van der Waals surface area contributed by atoms with Gasteiger partial charge in [0.25, 0.3) is 0 Å². The Kier molecular flexibility index (Phi) is 5.72. The molecular formula is C11H16Cl2N2O2S. The summed E-state index contributed by atoms with van der Waals surface area (Å²) in [5.74, 6) is -0.0198. The van der Waals surface area contributed by atoms with Crippen molar-refractivity contribution in [2.45, 2.75) is 19.9 Å². The minimum atomic E-state index is -3.43. The van der Waals surface area contributed by atoms with Gasteiger partial charge in [-0.2, -0.15) is 0 Å². The van der Waals surface area contributed by atoms with Crippen molar-refractivity contribution in [3.63, 3.8) is 0 Å². The predicted molar refractivity (Wildman–Crippen MR) is 77.0 cm³/mol. The van der Waals surface area contributed by atoms with Crippen molar-refractivity contribution in [3.05, 3.63) is 28.2 Å². The Labute approximate surface area is 118 Å². The van der Waals surface area contributed by atoms with Gasteiger partial charge in [0.05, 0.1) is 21.5 Å². The van der Waals surface area contributed by atoms with Crippen LogP contribution in [0.15, 0.2) is 18.2 Å². The zero-order chi connectivity index (χ0) is 13.8. The van der Waals surface area contributed by atoms with Crippen molar-refractivity contribution in [2.24, 2.45) is 0 Å². The summed E-state index contributed by atoms with van der Waals surface area (Å²) < 4.78 is 26.0. The van der Waals surface area contributed by atoms with Crippen LogP contribution in [0.4, 0.5) is 5.69 Å². The highest BCUT2D eigenvalue weighted by Crippen LogP contribution is 2.30. The minimum absolute atomic E-state index is 0.0198. The number of nitrogens with one attached hydrogen (secondary N) is 2. The highest BCUT2D eigenvalue weighted by atomic mass is 35.5. The summed E-state index contributed by atoms with van der Waals surface area (Å²) in [4.78, 5) is 0. The lowest BCUT2D eigenvalue weighted by Crippen LogP contribution is -2.31. The van der Waals surface area contributed by atoms with Gasteiger partial charge in [-0.15, -0.1) is 0 Å². The first-order valence-electron chi connectivity index (χ1n) is 5.50. The van der Waals surface area contributed by atoms with Gasteiger partial charge in [0, 0.05) is 12.6 Å². The third kappa shape index (κ3) is 5.02. The molecule has 0 amide bonds. The molecule has 0 radical (unpaired) electrons. The average Bonchev–Trinajstić information content (AvgIpc) is 2.23. The van der Waals surface area contributed by atoms with Crippen LogP contribution in [0.3, 0.4) is 0 Å². The maximum Gasteiger partial charge on any atom is 0.234 e. The van der Waals surface area contributed by atoms with Crippen LogP contribution < -0.4 is 10.0 Å². The molecule has 0 unspecified atom stereocenters. The van der Waals surface area contributed by atoms with E-state index in [0.29, 0.717) is 17.3 Å². The summed E-state index contributed by atoms with van der Waals surface area (Å²) in [6.07, 6.45) is 0. The molecular weight excluding hydrogens is 295 g/mol. The molecule has 0 saturated heterocycles. The molecule has 0 heterocycles. The SMILES string of the molecule is CC(C)NCCS(=O)(=O)Nc1cccc(Cl)c1Cl. The number of benzene rings is 1. The van der Waals surface area contributed by atoms with Crippen molar-refractivity contribution in [1.29, 1.82) is 0 Å². The lowest BCUT2D eigenvalue weighted by atomic mass is 10.3. The number of hydrogen-bond acceptors (Lipinski definition) is 3. The first kappa shape index (κ1) is 15.6. The van der Waals surface area contributed by atoms with Crippen molar-refractivity contribution in [3.8, 4) is 0 Å². The normalized spacial score (nSPS) is 11.8. The van der Waals surface area contributed by atoms with Crippen molar-refractivity contribution in [1.82, 2.24) is 5.32 Å². The van der Waals surface area contributed by atoms with Gasteiger partial charge in [0.1, 0.15) is 0 Å². The molecule has 4 nitrogen and oxygen atoms in total. The van der Waals surface area contributed by atoms with Gasteiger partial charge in [-0.05, 0) is 12.1 Å². The minimum Gasteiger partial charge on any atom is -0.313 e. The number of rotatable bonds is 6. The van der Waals surface area contributed by atoms with Crippen LogP contribution in [0.25, 0.3) is 0 Å². The smallest absolute Gasteiger partial charge is 0.234 e. The van der Waals surface area contributed by atoms with E-state index in [9.17, 15) is 8.42 Å². The molecule has 0 atom stereocenters. The fourth-order valence-corrected chi connectivity index (χ4v) is 2.68. The summed E-state index contributed by atoms with van der Waals surface area (Å²) in [6, 6.07) is 5.05. The second kappa shape index (κ2) is 6.61. The molecule has 2 N–H and O–H groups in total. The Bertz CT molecular complexity index is 504. The van der Waals surface area contributed by atoms with Crippen LogP contribution in [-0.2, 0) is 10.0 Å². The van der Waals surface area contributed by atoms with Gasteiger partial charge in [0.15, 0.2) is 0 Å². The molecule has 0 aromatic heterocycles. The molecule has 0 aliphatic rings. The Balaban J connectivity index is 2.68. The summed E-state index contributed by atoms with van der Waals surface area (Å²) in [6.45, 7) is 4.28. The Hall–Kier alpha value is -0.490. The van der Waals surface area contributed by atoms with Crippen LogP contribution >= 0.6 is 23.2 Å². The Morgan fingerprint density at radius 2 is 1.94 bits per heavy atom. The van der Waals surface area contributed by atoms with Crippen molar-refractivity contribution < 1.29 is 8.42 Å². The predicted octanol–water partition coefficient (Wildman–Crippen LogP) is 2.73. The lowest BCUT2D eigenvalue weighted by Gasteiger charge is -2.11. The van der Waals surface area contributed by atoms with E-state index < -0.39 is 10.0 Å². The van der Waals surface area contributed by atoms with Gasteiger partial charge >= 0.3 is 0 Å². The zero-order valence-corrected chi connectivity index (χ0v) is 12.5. The number of anilines is 1. The van der Waals surface area contributed by atoms with Crippen molar-refractivity contribution in [2.75, 3.05) is 17.0 Å². The highest BCUT2D eigenvalue weighted by Gasteiger charge is 2.13. The molecule has 1 aromatic rings. The molecule has 0 aliphatic heterocycles. The second-order valence-electron chi connectivity index (χ2n) is 4.13. The van der Waals surface area contributed by atoms with Crippen LogP contribution in [0.2, 0.25) is 10.0 Å². The van der Waals surface area contributed by atoms with Gasteiger partial charge in [-0.3, -0.25) is 4.72 Å². The van der Waals surface area contributed by atoms with Gasteiger partial charge < -0.3 is 5.32 Å². The topological polar surface area (TPSA) is 58.2 Å². The average molecular weight is 311 g/mol.